The molecule has 0 saturated carbocycles. The SMILES string of the molecule is NC(=O)CC1CCN(C(=O)CCCO)CC1. The van der Waals surface area contributed by atoms with Crippen molar-refractivity contribution in [3.8, 4) is 0 Å². The highest BCUT2D eigenvalue weighted by Crippen LogP contribution is 2.20. The molecule has 0 spiro atoms. The minimum atomic E-state index is -0.259. The van der Waals surface area contributed by atoms with Crippen molar-refractivity contribution in [1.29, 1.82) is 0 Å². The van der Waals surface area contributed by atoms with Crippen LogP contribution in [-0.2, 0) is 9.59 Å². The summed E-state index contributed by atoms with van der Waals surface area (Å²) in [7, 11) is 0. The number of hydrogen-bond donors (Lipinski definition) is 2. The Hall–Kier alpha value is -1.10. The van der Waals surface area contributed by atoms with E-state index in [1.165, 1.54) is 0 Å². The molecule has 0 radical (unpaired) electrons. The monoisotopic (exact) mass is 228 g/mol. The van der Waals surface area contributed by atoms with Crippen LogP contribution < -0.4 is 5.73 Å². The summed E-state index contributed by atoms with van der Waals surface area (Å²) in [5.74, 6) is 0.177. The van der Waals surface area contributed by atoms with Crippen molar-refractivity contribution in [3.63, 3.8) is 0 Å². The second kappa shape index (κ2) is 6.48. The zero-order chi connectivity index (χ0) is 12.0. The Bertz CT molecular complexity index is 248. The first-order valence-corrected chi connectivity index (χ1v) is 5.80. The lowest BCUT2D eigenvalue weighted by molar-refractivity contribution is -0.133. The van der Waals surface area contributed by atoms with Gasteiger partial charge in [0.05, 0.1) is 0 Å². The molecule has 1 saturated heterocycles. The lowest BCUT2D eigenvalue weighted by Gasteiger charge is -2.31. The van der Waals surface area contributed by atoms with E-state index in [1.54, 1.807) is 0 Å². The molecule has 1 aliphatic heterocycles. The van der Waals surface area contributed by atoms with Crippen LogP contribution in [0.1, 0.15) is 32.1 Å². The summed E-state index contributed by atoms with van der Waals surface area (Å²) < 4.78 is 0. The van der Waals surface area contributed by atoms with Gasteiger partial charge in [-0.1, -0.05) is 0 Å². The van der Waals surface area contributed by atoms with E-state index in [9.17, 15) is 9.59 Å². The van der Waals surface area contributed by atoms with E-state index in [0.717, 1.165) is 12.8 Å². The summed E-state index contributed by atoms with van der Waals surface area (Å²) in [4.78, 5) is 24.2. The van der Waals surface area contributed by atoms with Crippen LogP contribution in [0.25, 0.3) is 0 Å². The van der Waals surface area contributed by atoms with Crippen molar-refractivity contribution >= 4 is 11.8 Å². The van der Waals surface area contributed by atoms with Gasteiger partial charge < -0.3 is 15.7 Å². The van der Waals surface area contributed by atoms with Gasteiger partial charge in [0.2, 0.25) is 11.8 Å². The standard InChI is InChI=1S/C11H20N2O3/c12-10(15)8-9-3-5-13(6-4-9)11(16)2-1-7-14/h9,14H,1-8H2,(H2,12,15). The number of hydrogen-bond acceptors (Lipinski definition) is 3. The third-order valence-corrected chi connectivity index (χ3v) is 3.01. The molecule has 3 N–H and O–H groups in total. The van der Waals surface area contributed by atoms with Gasteiger partial charge in [0.1, 0.15) is 0 Å². The van der Waals surface area contributed by atoms with Crippen molar-refractivity contribution in [2.45, 2.75) is 32.1 Å². The van der Waals surface area contributed by atoms with E-state index in [0.29, 0.717) is 38.3 Å². The highest BCUT2D eigenvalue weighted by atomic mass is 16.3. The molecule has 92 valence electrons. The number of amides is 2. The topological polar surface area (TPSA) is 83.6 Å². The van der Waals surface area contributed by atoms with Gasteiger partial charge >= 0.3 is 0 Å². The third-order valence-electron chi connectivity index (χ3n) is 3.01. The molecule has 16 heavy (non-hydrogen) atoms. The van der Waals surface area contributed by atoms with E-state index in [1.807, 2.05) is 4.90 Å². The minimum Gasteiger partial charge on any atom is -0.396 e. The summed E-state index contributed by atoms with van der Waals surface area (Å²) in [5.41, 5.74) is 5.14. The zero-order valence-electron chi connectivity index (χ0n) is 9.52. The normalized spacial score (nSPS) is 17.4. The van der Waals surface area contributed by atoms with E-state index < -0.39 is 0 Å². The zero-order valence-corrected chi connectivity index (χ0v) is 9.52. The molecule has 0 aromatic rings. The first kappa shape index (κ1) is 13.0. The Morgan fingerprint density at radius 3 is 2.44 bits per heavy atom. The van der Waals surface area contributed by atoms with Crippen LogP contribution in [0.3, 0.4) is 0 Å². The molecule has 1 aliphatic rings. The maximum Gasteiger partial charge on any atom is 0.222 e. The molecule has 0 bridgehead atoms. The smallest absolute Gasteiger partial charge is 0.222 e. The number of nitrogens with zero attached hydrogens (tertiary/aromatic N) is 1. The van der Waals surface area contributed by atoms with Crippen molar-refractivity contribution in [2.75, 3.05) is 19.7 Å². The van der Waals surface area contributed by atoms with Crippen LogP contribution in [0.15, 0.2) is 0 Å². The van der Waals surface area contributed by atoms with Crippen LogP contribution in [0, 0.1) is 5.92 Å². The second-order valence-electron chi connectivity index (χ2n) is 4.32. The average Bonchev–Trinajstić information content (AvgIpc) is 2.26. The number of carbonyl (C=O) groups is 2. The lowest BCUT2D eigenvalue weighted by atomic mass is 9.93. The fraction of sp³-hybridized carbons (Fsp3) is 0.818. The maximum absolute atomic E-state index is 11.6. The van der Waals surface area contributed by atoms with Crippen LogP contribution in [0.5, 0.6) is 0 Å². The molecule has 1 rings (SSSR count). The molecule has 0 aliphatic carbocycles. The molecule has 0 unspecified atom stereocenters. The van der Waals surface area contributed by atoms with Crippen molar-refractivity contribution < 1.29 is 14.7 Å². The van der Waals surface area contributed by atoms with Crippen molar-refractivity contribution in [3.05, 3.63) is 0 Å². The summed E-state index contributed by atoms with van der Waals surface area (Å²) in [5, 5.41) is 8.63. The van der Waals surface area contributed by atoms with Gasteiger partial charge in [-0.2, -0.15) is 0 Å². The minimum absolute atomic E-state index is 0.0594. The Kier molecular flexibility index (Phi) is 5.25. The number of piperidine rings is 1. The molecule has 0 aromatic heterocycles. The van der Waals surface area contributed by atoms with E-state index in [4.69, 9.17) is 10.8 Å². The lowest BCUT2D eigenvalue weighted by Crippen LogP contribution is -2.39. The molecule has 1 heterocycles. The fourth-order valence-corrected chi connectivity index (χ4v) is 2.06. The van der Waals surface area contributed by atoms with Gasteiger partial charge in [-0.15, -0.1) is 0 Å². The number of aliphatic hydroxyl groups excluding tert-OH is 1. The number of carbonyl (C=O) groups excluding carboxylic acids is 2. The molecule has 5 heteroatoms. The fourth-order valence-electron chi connectivity index (χ4n) is 2.06. The van der Waals surface area contributed by atoms with Crippen molar-refractivity contribution in [2.24, 2.45) is 11.7 Å². The van der Waals surface area contributed by atoms with Gasteiger partial charge in [0, 0.05) is 32.5 Å². The van der Waals surface area contributed by atoms with Crippen LogP contribution in [-0.4, -0.2) is 41.5 Å². The number of nitrogens with two attached hydrogens (primary N) is 1. The largest absolute Gasteiger partial charge is 0.396 e. The van der Waals surface area contributed by atoms with Gasteiger partial charge in [-0.05, 0) is 25.2 Å². The highest BCUT2D eigenvalue weighted by Gasteiger charge is 2.23. The third kappa shape index (κ3) is 4.18. The molecule has 0 atom stereocenters. The highest BCUT2D eigenvalue weighted by molar-refractivity contribution is 5.76. The Morgan fingerprint density at radius 2 is 1.94 bits per heavy atom. The van der Waals surface area contributed by atoms with Crippen LogP contribution >= 0.6 is 0 Å². The summed E-state index contributed by atoms with van der Waals surface area (Å²) in [6.07, 6.45) is 3.08. The number of aliphatic hydroxyl groups is 1. The Labute approximate surface area is 95.6 Å². The van der Waals surface area contributed by atoms with Crippen LogP contribution in [0.4, 0.5) is 0 Å². The van der Waals surface area contributed by atoms with Crippen molar-refractivity contribution in [1.82, 2.24) is 4.90 Å². The molecular formula is C11H20N2O3. The van der Waals surface area contributed by atoms with Crippen LogP contribution in [0.2, 0.25) is 0 Å². The van der Waals surface area contributed by atoms with Gasteiger partial charge in [-0.3, -0.25) is 9.59 Å². The van der Waals surface area contributed by atoms with E-state index in [-0.39, 0.29) is 18.4 Å². The quantitative estimate of drug-likeness (QED) is 0.687. The predicted molar refractivity (Wildman–Crippen MR) is 59.4 cm³/mol. The van der Waals surface area contributed by atoms with Gasteiger partial charge in [-0.25, -0.2) is 0 Å². The average molecular weight is 228 g/mol. The summed E-state index contributed by atoms with van der Waals surface area (Å²) in [6, 6.07) is 0. The maximum atomic E-state index is 11.6. The molecule has 5 nitrogen and oxygen atoms in total. The molecular weight excluding hydrogens is 208 g/mol. The predicted octanol–water partition coefficient (Wildman–Crippen LogP) is -0.127. The first-order valence-electron chi connectivity index (χ1n) is 5.80. The number of rotatable bonds is 5. The molecule has 2 amide bonds. The van der Waals surface area contributed by atoms with Gasteiger partial charge in [0.25, 0.3) is 0 Å². The molecule has 0 aromatic carbocycles. The molecule has 1 fully saturated rings. The van der Waals surface area contributed by atoms with E-state index in [2.05, 4.69) is 0 Å². The second-order valence-corrected chi connectivity index (χ2v) is 4.32. The first-order chi connectivity index (χ1) is 7.63. The Balaban J connectivity index is 2.25. The van der Waals surface area contributed by atoms with E-state index >= 15 is 0 Å². The Morgan fingerprint density at radius 1 is 1.31 bits per heavy atom. The summed E-state index contributed by atoms with van der Waals surface area (Å²) in [6.45, 7) is 1.48. The number of likely N-dealkylation sites (tertiary alicyclic amines) is 1. The number of primary amides is 1. The summed E-state index contributed by atoms with van der Waals surface area (Å²) >= 11 is 0. The van der Waals surface area contributed by atoms with Gasteiger partial charge in [0.15, 0.2) is 0 Å².